The molecule has 0 spiro atoms. The molecule has 4 nitrogen and oxygen atoms in total. The Morgan fingerprint density at radius 1 is 1.33 bits per heavy atom. The van der Waals surface area contributed by atoms with Crippen molar-refractivity contribution in [2.24, 2.45) is 0 Å². The van der Waals surface area contributed by atoms with Gasteiger partial charge < -0.3 is 9.64 Å². The first-order valence-electron chi connectivity index (χ1n) is 7.63. The van der Waals surface area contributed by atoms with E-state index in [1.54, 1.807) is 18.9 Å². The van der Waals surface area contributed by atoms with E-state index in [0.29, 0.717) is 19.6 Å². The fourth-order valence-corrected chi connectivity index (χ4v) is 2.35. The summed E-state index contributed by atoms with van der Waals surface area (Å²) in [7, 11) is 1.68. The zero-order chi connectivity index (χ0) is 16.5. The van der Waals surface area contributed by atoms with Crippen molar-refractivity contribution >= 4 is 5.97 Å². The van der Waals surface area contributed by atoms with E-state index in [1.807, 2.05) is 20.8 Å². The van der Waals surface area contributed by atoms with Gasteiger partial charge in [0.15, 0.2) is 0 Å². The Balaban J connectivity index is 4.27. The lowest BCUT2D eigenvalue weighted by atomic mass is 9.93. The van der Waals surface area contributed by atoms with Crippen molar-refractivity contribution < 1.29 is 18.3 Å². The zero-order valence-electron chi connectivity index (χ0n) is 13.9. The normalized spacial score (nSPS) is 14.8. The summed E-state index contributed by atoms with van der Waals surface area (Å²) in [6.07, 6.45) is -0.116. The minimum Gasteiger partial charge on any atom is -0.465 e. The van der Waals surface area contributed by atoms with Crippen LogP contribution in [0.1, 0.15) is 47.0 Å². The Morgan fingerprint density at radius 3 is 2.43 bits per heavy atom. The predicted octanol–water partition coefficient (Wildman–Crippen LogP) is 2.67. The van der Waals surface area contributed by atoms with Crippen LogP contribution in [-0.4, -0.2) is 55.6 Å². The molecule has 6 heteroatoms. The average Bonchev–Trinajstić information content (AvgIpc) is 2.33. The topological polar surface area (TPSA) is 41.6 Å². The lowest BCUT2D eigenvalue weighted by Gasteiger charge is -2.31. The van der Waals surface area contributed by atoms with Gasteiger partial charge in [-0.25, -0.2) is 8.78 Å². The molecule has 126 valence electrons. The SMILES string of the molecule is CCOC(=O)C(C)(CCCCN(C)CC(F)F)NC(C)C. The summed E-state index contributed by atoms with van der Waals surface area (Å²) < 4.78 is 29.5. The van der Waals surface area contributed by atoms with Gasteiger partial charge in [0.2, 0.25) is 0 Å². The summed E-state index contributed by atoms with van der Waals surface area (Å²) >= 11 is 0. The molecule has 1 unspecified atom stereocenters. The van der Waals surface area contributed by atoms with Gasteiger partial charge >= 0.3 is 5.97 Å². The van der Waals surface area contributed by atoms with Crippen molar-refractivity contribution in [3.63, 3.8) is 0 Å². The molecule has 0 aliphatic rings. The fraction of sp³-hybridized carbons (Fsp3) is 0.933. The molecule has 1 N–H and O–H groups in total. The average molecular weight is 308 g/mol. The van der Waals surface area contributed by atoms with Gasteiger partial charge in [-0.1, -0.05) is 0 Å². The van der Waals surface area contributed by atoms with E-state index in [4.69, 9.17) is 4.74 Å². The van der Waals surface area contributed by atoms with Crippen molar-refractivity contribution in [3.8, 4) is 0 Å². The van der Waals surface area contributed by atoms with Crippen molar-refractivity contribution in [2.75, 3.05) is 26.7 Å². The van der Waals surface area contributed by atoms with E-state index < -0.39 is 12.0 Å². The van der Waals surface area contributed by atoms with E-state index in [0.717, 1.165) is 12.8 Å². The summed E-state index contributed by atoms with van der Waals surface area (Å²) in [5.74, 6) is -0.250. The first-order chi connectivity index (χ1) is 9.71. The van der Waals surface area contributed by atoms with Gasteiger partial charge in [0.1, 0.15) is 5.54 Å². The number of esters is 1. The molecule has 1 atom stereocenters. The largest absolute Gasteiger partial charge is 0.465 e. The van der Waals surface area contributed by atoms with Crippen molar-refractivity contribution in [1.29, 1.82) is 0 Å². The Hall–Kier alpha value is -0.750. The first-order valence-corrected chi connectivity index (χ1v) is 7.63. The molecule has 0 radical (unpaired) electrons. The highest BCUT2D eigenvalue weighted by Gasteiger charge is 2.34. The fourth-order valence-electron chi connectivity index (χ4n) is 2.35. The Labute approximate surface area is 127 Å². The quantitative estimate of drug-likeness (QED) is 0.471. The van der Waals surface area contributed by atoms with Crippen LogP contribution in [0.2, 0.25) is 0 Å². The lowest BCUT2D eigenvalue weighted by Crippen LogP contribution is -2.53. The number of hydrogen-bond acceptors (Lipinski definition) is 4. The summed E-state index contributed by atoms with van der Waals surface area (Å²) in [5, 5.41) is 3.25. The third kappa shape index (κ3) is 8.98. The van der Waals surface area contributed by atoms with E-state index in [-0.39, 0.29) is 18.6 Å². The van der Waals surface area contributed by atoms with E-state index in [9.17, 15) is 13.6 Å². The molecular weight excluding hydrogens is 278 g/mol. The van der Waals surface area contributed by atoms with Gasteiger partial charge in [0, 0.05) is 6.04 Å². The third-order valence-corrected chi connectivity index (χ3v) is 3.25. The number of unbranched alkanes of at least 4 members (excludes halogenated alkanes) is 1. The van der Waals surface area contributed by atoms with Crippen LogP contribution in [0, 0.1) is 0 Å². The number of hydrogen-bond donors (Lipinski definition) is 1. The van der Waals surface area contributed by atoms with Crippen LogP contribution >= 0.6 is 0 Å². The Morgan fingerprint density at radius 2 is 1.95 bits per heavy atom. The molecule has 0 aromatic heterocycles. The maximum atomic E-state index is 12.2. The van der Waals surface area contributed by atoms with Gasteiger partial charge in [-0.2, -0.15) is 0 Å². The van der Waals surface area contributed by atoms with Crippen molar-refractivity contribution in [3.05, 3.63) is 0 Å². The van der Waals surface area contributed by atoms with Crippen molar-refractivity contribution in [2.45, 2.75) is 65.0 Å². The lowest BCUT2D eigenvalue weighted by molar-refractivity contribution is -0.151. The molecule has 0 bridgehead atoms. The molecule has 0 rings (SSSR count). The Kier molecular flexibility index (Phi) is 9.70. The summed E-state index contributed by atoms with van der Waals surface area (Å²) in [6, 6.07) is 0.168. The van der Waals surface area contributed by atoms with Crippen LogP contribution in [0.3, 0.4) is 0 Å². The van der Waals surface area contributed by atoms with Crippen LogP contribution < -0.4 is 5.32 Å². The van der Waals surface area contributed by atoms with E-state index >= 15 is 0 Å². The van der Waals surface area contributed by atoms with Crippen LogP contribution in [0.5, 0.6) is 0 Å². The molecule has 0 saturated carbocycles. The standard InChI is InChI=1S/C15H30F2N2O2/c1-6-21-14(20)15(4,18-12(2)3)9-7-8-10-19(5)11-13(16)17/h12-13,18H,6-11H2,1-5H3. The second-order valence-electron chi connectivity index (χ2n) is 5.96. The number of carbonyl (C=O) groups is 1. The predicted molar refractivity (Wildman–Crippen MR) is 80.7 cm³/mol. The zero-order valence-corrected chi connectivity index (χ0v) is 13.9. The van der Waals surface area contributed by atoms with Gasteiger partial charge in [-0.15, -0.1) is 0 Å². The molecule has 0 aromatic rings. The monoisotopic (exact) mass is 308 g/mol. The highest BCUT2D eigenvalue weighted by molar-refractivity contribution is 5.80. The summed E-state index contributed by atoms with van der Waals surface area (Å²) in [6.45, 7) is 8.33. The number of alkyl halides is 2. The highest BCUT2D eigenvalue weighted by atomic mass is 19.3. The van der Waals surface area contributed by atoms with Gasteiger partial charge in [-0.05, 0) is 60.5 Å². The highest BCUT2D eigenvalue weighted by Crippen LogP contribution is 2.17. The molecule has 0 aromatic carbocycles. The summed E-state index contributed by atoms with van der Waals surface area (Å²) in [5.41, 5.74) is -0.717. The van der Waals surface area contributed by atoms with Gasteiger partial charge in [-0.3, -0.25) is 10.1 Å². The number of ether oxygens (including phenoxy) is 1. The smallest absolute Gasteiger partial charge is 0.326 e. The molecule has 21 heavy (non-hydrogen) atoms. The van der Waals surface area contributed by atoms with E-state index in [2.05, 4.69) is 5.32 Å². The van der Waals surface area contributed by atoms with Crippen LogP contribution in [-0.2, 0) is 9.53 Å². The number of nitrogens with one attached hydrogen (secondary N) is 1. The van der Waals surface area contributed by atoms with Crippen LogP contribution in [0.15, 0.2) is 0 Å². The Bertz CT molecular complexity index is 301. The molecule has 0 fully saturated rings. The maximum absolute atomic E-state index is 12.2. The molecule has 0 aliphatic heterocycles. The minimum absolute atomic E-state index is 0.168. The van der Waals surface area contributed by atoms with Gasteiger partial charge in [0.25, 0.3) is 6.43 Å². The number of rotatable bonds is 11. The minimum atomic E-state index is -2.30. The van der Waals surface area contributed by atoms with Crippen LogP contribution in [0.4, 0.5) is 8.78 Å². The van der Waals surface area contributed by atoms with E-state index in [1.165, 1.54) is 0 Å². The van der Waals surface area contributed by atoms with Crippen molar-refractivity contribution in [1.82, 2.24) is 10.2 Å². The third-order valence-electron chi connectivity index (χ3n) is 3.25. The number of halogens is 2. The van der Waals surface area contributed by atoms with Gasteiger partial charge in [0.05, 0.1) is 13.2 Å². The maximum Gasteiger partial charge on any atom is 0.326 e. The molecule has 0 aliphatic carbocycles. The molecular formula is C15H30F2N2O2. The molecule has 0 heterocycles. The first kappa shape index (κ1) is 20.2. The molecule has 0 saturated heterocycles. The second-order valence-corrected chi connectivity index (χ2v) is 5.96. The van der Waals surface area contributed by atoms with Crippen LogP contribution in [0.25, 0.3) is 0 Å². The summed E-state index contributed by atoms with van der Waals surface area (Å²) in [4.78, 5) is 13.7. The number of nitrogens with zero attached hydrogens (tertiary/aromatic N) is 1. The second kappa shape index (κ2) is 10.1. The number of carbonyl (C=O) groups excluding carboxylic acids is 1. The molecule has 0 amide bonds.